The Bertz CT molecular complexity index is 1300. The van der Waals surface area contributed by atoms with Gasteiger partial charge in [-0.15, -0.1) is 0 Å². The van der Waals surface area contributed by atoms with Crippen LogP contribution >= 0.6 is 11.6 Å². The van der Waals surface area contributed by atoms with Gasteiger partial charge < -0.3 is 10.6 Å². The van der Waals surface area contributed by atoms with Gasteiger partial charge in [-0.25, -0.2) is 4.90 Å². The molecular weight excluding hydrogens is 438 g/mol. The second-order valence-corrected chi connectivity index (χ2v) is 8.24. The van der Waals surface area contributed by atoms with Crippen molar-refractivity contribution in [2.24, 2.45) is 0 Å². The molecule has 0 aliphatic carbocycles. The van der Waals surface area contributed by atoms with Crippen molar-refractivity contribution in [1.82, 2.24) is 0 Å². The van der Waals surface area contributed by atoms with Crippen molar-refractivity contribution >= 4 is 52.0 Å². The molecule has 0 radical (unpaired) electrons. The fourth-order valence-corrected chi connectivity index (χ4v) is 3.84. The number of nitrogens with zero attached hydrogens (tertiary/aromatic N) is 1. The summed E-state index contributed by atoms with van der Waals surface area (Å²) in [5.74, 6) is -1.03. The number of hydrogen-bond donors (Lipinski definition) is 2. The molecule has 1 aliphatic rings. The number of halogens is 1. The van der Waals surface area contributed by atoms with E-state index in [0.29, 0.717) is 27.6 Å². The second-order valence-electron chi connectivity index (χ2n) is 7.81. The Morgan fingerprint density at radius 1 is 0.848 bits per heavy atom. The molecule has 166 valence electrons. The van der Waals surface area contributed by atoms with Crippen LogP contribution in [0, 0.1) is 13.8 Å². The standard InChI is InChI=1S/C26H22ClN3O3/c1-15-5-4-6-22(16(15)2)30-25(32)23(18-7-9-19(27)10-8-18)24(26(30)33)29-21-13-11-20(12-14-21)28-17(3)31/h4-14,29H,1-3H3,(H,28,31). The predicted molar refractivity (Wildman–Crippen MR) is 131 cm³/mol. The first kappa shape index (κ1) is 22.3. The molecule has 1 heterocycles. The highest BCUT2D eigenvalue weighted by Gasteiger charge is 2.40. The summed E-state index contributed by atoms with van der Waals surface area (Å²) in [4.78, 5) is 39.6. The molecule has 33 heavy (non-hydrogen) atoms. The third-order valence-electron chi connectivity index (χ3n) is 5.51. The summed E-state index contributed by atoms with van der Waals surface area (Å²) < 4.78 is 0. The molecule has 0 unspecified atom stereocenters. The summed E-state index contributed by atoms with van der Waals surface area (Å²) in [6, 6.07) is 19.2. The van der Waals surface area contributed by atoms with Crippen molar-refractivity contribution in [3.05, 3.63) is 94.1 Å². The number of rotatable bonds is 5. The topological polar surface area (TPSA) is 78.5 Å². The first-order valence-corrected chi connectivity index (χ1v) is 10.7. The predicted octanol–water partition coefficient (Wildman–Crippen LogP) is 5.31. The van der Waals surface area contributed by atoms with Gasteiger partial charge in [0.05, 0.1) is 11.3 Å². The number of carbonyl (C=O) groups is 3. The van der Waals surface area contributed by atoms with E-state index in [2.05, 4.69) is 10.6 Å². The van der Waals surface area contributed by atoms with Crippen molar-refractivity contribution in [3.63, 3.8) is 0 Å². The van der Waals surface area contributed by atoms with Crippen LogP contribution in [0.4, 0.5) is 17.1 Å². The zero-order chi connectivity index (χ0) is 23.7. The minimum absolute atomic E-state index is 0.176. The van der Waals surface area contributed by atoms with Gasteiger partial charge >= 0.3 is 0 Å². The number of aryl methyl sites for hydroxylation is 1. The smallest absolute Gasteiger partial charge is 0.282 e. The normalized spacial score (nSPS) is 13.5. The van der Waals surface area contributed by atoms with Crippen LogP contribution in [0.5, 0.6) is 0 Å². The molecule has 3 aromatic carbocycles. The zero-order valence-corrected chi connectivity index (χ0v) is 19.2. The maximum atomic E-state index is 13.6. The number of anilines is 3. The van der Waals surface area contributed by atoms with Crippen LogP contribution in [-0.2, 0) is 14.4 Å². The fourth-order valence-electron chi connectivity index (χ4n) is 3.71. The highest BCUT2D eigenvalue weighted by atomic mass is 35.5. The monoisotopic (exact) mass is 459 g/mol. The molecule has 0 atom stereocenters. The average molecular weight is 460 g/mol. The van der Waals surface area contributed by atoms with E-state index in [-0.39, 0.29) is 17.2 Å². The molecule has 6 nitrogen and oxygen atoms in total. The van der Waals surface area contributed by atoms with Crippen molar-refractivity contribution in [1.29, 1.82) is 0 Å². The maximum absolute atomic E-state index is 13.6. The van der Waals surface area contributed by atoms with E-state index in [0.717, 1.165) is 11.1 Å². The van der Waals surface area contributed by atoms with Gasteiger partial charge in [-0.1, -0.05) is 35.9 Å². The van der Waals surface area contributed by atoms with Gasteiger partial charge in [0, 0.05) is 23.3 Å². The molecule has 3 amide bonds. The quantitative estimate of drug-likeness (QED) is 0.507. The lowest BCUT2D eigenvalue weighted by Gasteiger charge is -2.19. The van der Waals surface area contributed by atoms with Crippen LogP contribution < -0.4 is 15.5 Å². The molecule has 1 aliphatic heterocycles. The van der Waals surface area contributed by atoms with Crippen molar-refractivity contribution in [2.45, 2.75) is 20.8 Å². The van der Waals surface area contributed by atoms with E-state index >= 15 is 0 Å². The first-order valence-electron chi connectivity index (χ1n) is 10.4. The number of benzene rings is 3. The van der Waals surface area contributed by atoms with Gasteiger partial charge in [0.2, 0.25) is 5.91 Å². The lowest BCUT2D eigenvalue weighted by Crippen LogP contribution is -2.33. The van der Waals surface area contributed by atoms with E-state index in [1.54, 1.807) is 54.6 Å². The Kier molecular flexibility index (Phi) is 6.03. The average Bonchev–Trinajstić information content (AvgIpc) is 3.01. The van der Waals surface area contributed by atoms with Crippen molar-refractivity contribution in [2.75, 3.05) is 15.5 Å². The van der Waals surface area contributed by atoms with E-state index < -0.39 is 11.8 Å². The Morgan fingerprint density at radius 3 is 2.12 bits per heavy atom. The van der Waals surface area contributed by atoms with Crippen LogP contribution in [-0.4, -0.2) is 17.7 Å². The molecule has 0 spiro atoms. The lowest BCUT2D eigenvalue weighted by atomic mass is 10.0. The summed E-state index contributed by atoms with van der Waals surface area (Å²) >= 11 is 6.04. The van der Waals surface area contributed by atoms with Crippen molar-refractivity contribution < 1.29 is 14.4 Å². The van der Waals surface area contributed by atoms with Gasteiger partial charge in [0.1, 0.15) is 5.70 Å². The molecule has 0 bridgehead atoms. The van der Waals surface area contributed by atoms with Gasteiger partial charge in [-0.3, -0.25) is 14.4 Å². The summed E-state index contributed by atoms with van der Waals surface area (Å²) in [5, 5.41) is 6.35. The summed E-state index contributed by atoms with van der Waals surface area (Å²) in [6.07, 6.45) is 0. The van der Waals surface area contributed by atoms with Crippen LogP contribution in [0.15, 0.2) is 72.4 Å². The van der Waals surface area contributed by atoms with Crippen molar-refractivity contribution in [3.8, 4) is 0 Å². The van der Waals surface area contributed by atoms with Crippen LogP contribution in [0.2, 0.25) is 5.02 Å². The first-order chi connectivity index (χ1) is 15.8. The zero-order valence-electron chi connectivity index (χ0n) is 18.4. The Hall–Kier alpha value is -3.90. The molecule has 4 rings (SSSR count). The number of imide groups is 1. The molecular formula is C26H22ClN3O3. The molecule has 2 N–H and O–H groups in total. The number of carbonyl (C=O) groups excluding carboxylic acids is 3. The lowest BCUT2D eigenvalue weighted by molar-refractivity contribution is -0.120. The largest absolute Gasteiger partial charge is 0.350 e. The number of nitrogens with one attached hydrogen (secondary N) is 2. The maximum Gasteiger partial charge on any atom is 0.282 e. The highest BCUT2D eigenvalue weighted by Crippen LogP contribution is 2.36. The molecule has 0 fully saturated rings. The fraction of sp³-hybridized carbons (Fsp3) is 0.115. The van der Waals surface area contributed by atoms with E-state index in [9.17, 15) is 14.4 Å². The third-order valence-corrected chi connectivity index (χ3v) is 5.76. The number of hydrogen-bond acceptors (Lipinski definition) is 4. The Labute approximate surface area is 196 Å². The molecule has 0 saturated carbocycles. The van der Waals surface area contributed by atoms with Crippen LogP contribution in [0.1, 0.15) is 23.6 Å². The van der Waals surface area contributed by atoms with E-state index in [4.69, 9.17) is 11.6 Å². The minimum atomic E-state index is -0.440. The third kappa shape index (κ3) is 4.38. The Balaban J connectivity index is 1.78. The molecule has 7 heteroatoms. The van der Waals surface area contributed by atoms with Gasteiger partial charge in [0.25, 0.3) is 11.8 Å². The van der Waals surface area contributed by atoms with Gasteiger partial charge in [-0.2, -0.15) is 0 Å². The van der Waals surface area contributed by atoms with Gasteiger partial charge in [-0.05, 0) is 73.0 Å². The summed E-state index contributed by atoms with van der Waals surface area (Å²) in [5.41, 5.74) is 4.66. The second kappa shape index (κ2) is 8.92. The van der Waals surface area contributed by atoms with Gasteiger partial charge in [0.15, 0.2) is 0 Å². The summed E-state index contributed by atoms with van der Waals surface area (Å²) in [6.45, 7) is 5.26. The molecule has 3 aromatic rings. The van der Waals surface area contributed by atoms with E-state index in [1.165, 1.54) is 11.8 Å². The SMILES string of the molecule is CC(=O)Nc1ccc(NC2=C(c3ccc(Cl)cc3)C(=O)N(c3cccc(C)c3C)C2=O)cc1. The highest BCUT2D eigenvalue weighted by molar-refractivity contribution is 6.46. The Morgan fingerprint density at radius 2 is 1.48 bits per heavy atom. The number of amides is 3. The van der Waals surface area contributed by atoms with Crippen LogP contribution in [0.25, 0.3) is 5.57 Å². The van der Waals surface area contributed by atoms with Crippen LogP contribution in [0.3, 0.4) is 0 Å². The molecule has 0 saturated heterocycles. The summed E-state index contributed by atoms with van der Waals surface area (Å²) in [7, 11) is 0. The minimum Gasteiger partial charge on any atom is -0.350 e. The molecule has 0 aromatic heterocycles. The van der Waals surface area contributed by atoms with E-state index in [1.807, 2.05) is 26.0 Å².